The predicted octanol–water partition coefficient (Wildman–Crippen LogP) is 8.25. The van der Waals surface area contributed by atoms with Crippen molar-refractivity contribution in [2.45, 2.75) is 79.1 Å². The van der Waals surface area contributed by atoms with Crippen LogP contribution in [0.25, 0.3) is 21.5 Å². The highest BCUT2D eigenvalue weighted by Gasteiger charge is 2.36. The number of carbonyl (C=O) groups excluding carboxylic acids is 4. The summed E-state index contributed by atoms with van der Waals surface area (Å²) < 4.78 is 11.6. The average molecular weight is 655 g/mol. The number of rotatable bonds is 10. The molecule has 0 atom stereocenters. The Morgan fingerprint density at radius 1 is 0.625 bits per heavy atom. The lowest BCUT2D eigenvalue weighted by atomic mass is 9.85. The van der Waals surface area contributed by atoms with Gasteiger partial charge >= 0.3 is 0 Å². The maximum absolute atomic E-state index is 12.6. The van der Waals surface area contributed by atoms with Crippen molar-refractivity contribution in [2.24, 2.45) is 0 Å². The standard InChI is InChI=1S/C20H23NO5.C18H19NO3/c1-3-5-11-25-15-9-8-14-17-13(15)7-10-16(26-12-6-4-2)18(17)20(23)21(24)19(14)22;1-9(2)12-7-11-5-6-13(10(3)4)16-15(11)14(8-12)17(20)19(22)18(16)21/h7-10,24H,3-6,11-12H2,1-2H3;5-10,22H,1-4H3. The van der Waals surface area contributed by atoms with E-state index in [-0.39, 0.29) is 33.1 Å². The van der Waals surface area contributed by atoms with Crippen LogP contribution in [0.15, 0.2) is 48.5 Å². The van der Waals surface area contributed by atoms with Gasteiger partial charge in [-0.2, -0.15) is 0 Å². The molecular formula is C38H42N2O8. The third-order valence-corrected chi connectivity index (χ3v) is 8.73. The predicted molar refractivity (Wildman–Crippen MR) is 181 cm³/mol. The molecule has 0 saturated heterocycles. The molecule has 2 heterocycles. The minimum atomic E-state index is -0.773. The van der Waals surface area contributed by atoms with Crippen LogP contribution >= 0.6 is 0 Å². The van der Waals surface area contributed by atoms with Gasteiger partial charge in [0, 0.05) is 16.2 Å². The van der Waals surface area contributed by atoms with E-state index in [1.165, 1.54) is 0 Å². The van der Waals surface area contributed by atoms with Crippen LogP contribution in [0.1, 0.15) is 132 Å². The van der Waals surface area contributed by atoms with Crippen LogP contribution in [0, 0.1) is 0 Å². The molecule has 0 saturated carbocycles. The molecule has 0 aromatic heterocycles. The molecule has 4 amide bonds. The van der Waals surface area contributed by atoms with Gasteiger partial charge in [-0.3, -0.25) is 29.6 Å². The number of unbranched alkanes of at least 4 members (excludes halogenated alkanes) is 2. The van der Waals surface area contributed by atoms with Crippen LogP contribution in [0.3, 0.4) is 0 Å². The summed E-state index contributed by atoms with van der Waals surface area (Å²) in [5.41, 5.74) is 3.18. The molecule has 2 aliphatic heterocycles. The molecular weight excluding hydrogens is 612 g/mol. The third kappa shape index (κ3) is 6.13. The van der Waals surface area contributed by atoms with Gasteiger partial charge in [-0.25, -0.2) is 0 Å². The highest BCUT2D eigenvalue weighted by atomic mass is 16.5. The number of ether oxygens (including phenoxy) is 2. The Morgan fingerprint density at radius 3 is 1.81 bits per heavy atom. The lowest BCUT2D eigenvalue weighted by Gasteiger charge is -2.26. The fourth-order valence-corrected chi connectivity index (χ4v) is 6.03. The number of hydrogen-bond donors (Lipinski definition) is 2. The van der Waals surface area contributed by atoms with E-state index in [4.69, 9.17) is 9.47 Å². The van der Waals surface area contributed by atoms with E-state index in [9.17, 15) is 29.6 Å². The summed E-state index contributed by atoms with van der Waals surface area (Å²) in [5.74, 6) is -1.42. The van der Waals surface area contributed by atoms with Gasteiger partial charge in [-0.1, -0.05) is 72.6 Å². The summed E-state index contributed by atoms with van der Waals surface area (Å²) >= 11 is 0. The Labute approximate surface area is 279 Å². The van der Waals surface area contributed by atoms with E-state index in [1.807, 2.05) is 52.8 Å². The number of hydrogen-bond acceptors (Lipinski definition) is 8. The normalized spacial score (nSPS) is 14.0. The van der Waals surface area contributed by atoms with Crippen LogP contribution in [0.4, 0.5) is 0 Å². The maximum atomic E-state index is 12.6. The first-order chi connectivity index (χ1) is 22.9. The highest BCUT2D eigenvalue weighted by molar-refractivity contribution is 6.27. The van der Waals surface area contributed by atoms with Gasteiger partial charge in [-0.05, 0) is 71.5 Å². The number of benzene rings is 4. The van der Waals surface area contributed by atoms with E-state index in [2.05, 4.69) is 6.92 Å². The Hall–Kier alpha value is -4.80. The molecule has 2 aliphatic rings. The largest absolute Gasteiger partial charge is 0.493 e. The molecule has 48 heavy (non-hydrogen) atoms. The van der Waals surface area contributed by atoms with E-state index in [0.717, 1.165) is 42.2 Å². The van der Waals surface area contributed by atoms with Crippen LogP contribution in [0.5, 0.6) is 11.5 Å². The van der Waals surface area contributed by atoms with E-state index >= 15 is 0 Å². The van der Waals surface area contributed by atoms with Crippen molar-refractivity contribution < 1.29 is 39.1 Å². The molecule has 4 aromatic carbocycles. The summed E-state index contributed by atoms with van der Waals surface area (Å²) in [5, 5.41) is 22.9. The second-order valence-corrected chi connectivity index (χ2v) is 12.7. The van der Waals surface area contributed by atoms with Crippen molar-refractivity contribution in [3.05, 3.63) is 81.9 Å². The monoisotopic (exact) mass is 654 g/mol. The van der Waals surface area contributed by atoms with Crippen molar-refractivity contribution in [3.8, 4) is 11.5 Å². The van der Waals surface area contributed by atoms with Gasteiger partial charge in [0.15, 0.2) is 0 Å². The van der Waals surface area contributed by atoms with E-state index < -0.39 is 23.6 Å². The Balaban J connectivity index is 0.000000190. The zero-order chi connectivity index (χ0) is 34.9. The lowest BCUT2D eigenvalue weighted by Crippen LogP contribution is -2.38. The fourth-order valence-electron chi connectivity index (χ4n) is 6.03. The summed E-state index contributed by atoms with van der Waals surface area (Å²) in [6.07, 6.45) is 3.73. The molecule has 2 N–H and O–H groups in total. The Kier molecular flexibility index (Phi) is 10.2. The molecule has 0 spiro atoms. The zero-order valence-electron chi connectivity index (χ0n) is 28.3. The van der Waals surface area contributed by atoms with Gasteiger partial charge in [0.25, 0.3) is 23.6 Å². The molecule has 4 aromatic rings. The fraction of sp³-hybridized carbons (Fsp3) is 0.368. The van der Waals surface area contributed by atoms with Gasteiger partial charge in [0.05, 0.1) is 35.5 Å². The quantitative estimate of drug-likeness (QED) is 0.0992. The first-order valence-corrected chi connectivity index (χ1v) is 16.5. The number of carbonyl (C=O) groups is 4. The van der Waals surface area contributed by atoms with Gasteiger partial charge < -0.3 is 9.47 Å². The topological polar surface area (TPSA) is 134 Å². The van der Waals surface area contributed by atoms with Gasteiger partial charge in [0.1, 0.15) is 11.5 Å². The summed E-state index contributed by atoms with van der Waals surface area (Å²) in [7, 11) is 0. The summed E-state index contributed by atoms with van der Waals surface area (Å²) in [6, 6.07) is 14.5. The number of nitrogens with zero attached hydrogens (tertiary/aromatic N) is 2. The van der Waals surface area contributed by atoms with Crippen LogP contribution in [0.2, 0.25) is 0 Å². The molecule has 10 heteroatoms. The van der Waals surface area contributed by atoms with Gasteiger partial charge in [-0.15, -0.1) is 10.1 Å². The Morgan fingerprint density at radius 2 is 1.21 bits per heavy atom. The first kappa shape index (κ1) is 34.5. The second-order valence-electron chi connectivity index (χ2n) is 12.7. The minimum Gasteiger partial charge on any atom is -0.493 e. The van der Waals surface area contributed by atoms with Crippen molar-refractivity contribution in [1.82, 2.24) is 10.1 Å². The zero-order valence-corrected chi connectivity index (χ0v) is 28.3. The summed E-state index contributed by atoms with van der Waals surface area (Å²) in [4.78, 5) is 49.6. The van der Waals surface area contributed by atoms with E-state index in [1.54, 1.807) is 30.3 Å². The second kappa shape index (κ2) is 14.1. The number of hydroxylamine groups is 4. The van der Waals surface area contributed by atoms with Crippen molar-refractivity contribution in [3.63, 3.8) is 0 Å². The number of imide groups is 2. The Bertz CT molecular complexity index is 1930. The maximum Gasteiger partial charge on any atom is 0.289 e. The molecule has 0 bridgehead atoms. The van der Waals surface area contributed by atoms with Crippen molar-refractivity contribution in [2.75, 3.05) is 13.2 Å². The molecule has 252 valence electrons. The highest BCUT2D eigenvalue weighted by Crippen LogP contribution is 2.40. The summed E-state index contributed by atoms with van der Waals surface area (Å²) in [6.45, 7) is 13.2. The molecule has 6 rings (SSSR count). The van der Waals surface area contributed by atoms with Crippen LogP contribution < -0.4 is 9.47 Å². The smallest absolute Gasteiger partial charge is 0.289 e. The SMILES string of the molecule is CC(C)c1cc2c3c(c(C(C)C)ccc3c1)C(=O)N(O)C2=O.CCCCOc1ccc2c(OCCCC)ccc3c2c1C(=O)N(O)C3=O. The number of amides is 4. The van der Waals surface area contributed by atoms with Crippen LogP contribution in [-0.4, -0.2) is 57.4 Å². The minimum absolute atomic E-state index is 0.127. The molecule has 10 nitrogen and oxygen atoms in total. The van der Waals surface area contributed by atoms with Crippen molar-refractivity contribution >= 4 is 45.2 Å². The van der Waals surface area contributed by atoms with Gasteiger partial charge in [0.2, 0.25) is 0 Å². The molecule has 0 aliphatic carbocycles. The first-order valence-electron chi connectivity index (χ1n) is 16.5. The van der Waals surface area contributed by atoms with Crippen molar-refractivity contribution in [1.29, 1.82) is 0 Å². The van der Waals surface area contributed by atoms with Crippen LogP contribution in [-0.2, 0) is 0 Å². The molecule has 0 fully saturated rings. The molecule has 0 radical (unpaired) electrons. The molecule has 0 unspecified atom stereocenters. The average Bonchev–Trinajstić information content (AvgIpc) is 3.07. The third-order valence-electron chi connectivity index (χ3n) is 8.73. The lowest BCUT2D eigenvalue weighted by molar-refractivity contribution is -0.0382. The van der Waals surface area contributed by atoms with E-state index in [0.29, 0.717) is 52.0 Å².